The van der Waals surface area contributed by atoms with Gasteiger partial charge in [-0.1, -0.05) is 25.5 Å². The fourth-order valence-corrected chi connectivity index (χ4v) is 1.72. The van der Waals surface area contributed by atoms with Crippen molar-refractivity contribution in [2.45, 2.75) is 32.7 Å². The number of urea groups is 1. The van der Waals surface area contributed by atoms with Crippen LogP contribution < -0.4 is 15.4 Å². The van der Waals surface area contributed by atoms with Gasteiger partial charge in [-0.2, -0.15) is 0 Å². The van der Waals surface area contributed by atoms with Crippen LogP contribution in [0.5, 0.6) is 5.75 Å². The third kappa shape index (κ3) is 5.60. The topological polar surface area (TPSA) is 87.7 Å². The first-order valence-corrected chi connectivity index (χ1v) is 6.54. The smallest absolute Gasteiger partial charge is 0.341 e. The summed E-state index contributed by atoms with van der Waals surface area (Å²) in [4.78, 5) is 22.3. The molecule has 0 aliphatic rings. The van der Waals surface area contributed by atoms with Gasteiger partial charge in [-0.25, -0.2) is 9.59 Å². The van der Waals surface area contributed by atoms with Gasteiger partial charge in [-0.3, -0.25) is 0 Å². The second-order valence-electron chi connectivity index (χ2n) is 4.47. The molecular formula is C14H20N2O4. The summed E-state index contributed by atoms with van der Waals surface area (Å²) < 4.78 is 5.11. The number of para-hydroxylation sites is 2. The number of carboxylic acid groups (broad SMARTS) is 1. The summed E-state index contributed by atoms with van der Waals surface area (Å²) in [6.45, 7) is 3.52. The van der Waals surface area contributed by atoms with Gasteiger partial charge in [-0.05, 0) is 25.5 Å². The first-order chi connectivity index (χ1) is 9.52. The molecule has 0 saturated carbocycles. The average Bonchev–Trinajstić information content (AvgIpc) is 2.37. The Bertz CT molecular complexity index is 462. The Morgan fingerprint density at radius 2 is 2.05 bits per heavy atom. The zero-order chi connectivity index (χ0) is 15.0. The van der Waals surface area contributed by atoms with Crippen LogP contribution in [0.25, 0.3) is 0 Å². The Balaban J connectivity index is 2.62. The summed E-state index contributed by atoms with van der Waals surface area (Å²) in [7, 11) is 0. The number of hydrogen-bond acceptors (Lipinski definition) is 3. The van der Waals surface area contributed by atoms with Gasteiger partial charge in [0.05, 0.1) is 5.69 Å². The Morgan fingerprint density at radius 3 is 2.70 bits per heavy atom. The molecule has 1 aromatic carbocycles. The highest BCUT2D eigenvalue weighted by Gasteiger charge is 2.10. The Kier molecular flexibility index (Phi) is 6.36. The second kappa shape index (κ2) is 8.04. The molecule has 6 nitrogen and oxygen atoms in total. The van der Waals surface area contributed by atoms with Crippen LogP contribution in [0.15, 0.2) is 24.3 Å². The number of benzene rings is 1. The highest BCUT2D eigenvalue weighted by Crippen LogP contribution is 2.23. The number of rotatable bonds is 7. The van der Waals surface area contributed by atoms with Crippen molar-refractivity contribution < 1.29 is 19.4 Å². The van der Waals surface area contributed by atoms with Crippen molar-refractivity contribution >= 4 is 17.7 Å². The van der Waals surface area contributed by atoms with Crippen LogP contribution >= 0.6 is 0 Å². The maximum Gasteiger partial charge on any atom is 0.341 e. The molecule has 0 spiro atoms. The second-order valence-corrected chi connectivity index (χ2v) is 4.47. The first-order valence-electron chi connectivity index (χ1n) is 6.54. The normalized spacial score (nSPS) is 11.5. The number of carbonyl (C=O) groups excluding carboxylic acids is 1. The molecule has 0 bridgehead atoms. The van der Waals surface area contributed by atoms with Crippen molar-refractivity contribution in [1.82, 2.24) is 5.32 Å². The van der Waals surface area contributed by atoms with Crippen LogP contribution in [0.3, 0.4) is 0 Å². The zero-order valence-corrected chi connectivity index (χ0v) is 11.7. The monoisotopic (exact) mass is 280 g/mol. The fraction of sp³-hybridized carbons (Fsp3) is 0.429. The van der Waals surface area contributed by atoms with E-state index in [2.05, 4.69) is 10.6 Å². The molecule has 3 N–H and O–H groups in total. The maximum absolute atomic E-state index is 11.8. The Labute approximate surface area is 118 Å². The number of carboxylic acids is 1. The van der Waals surface area contributed by atoms with E-state index in [1.165, 1.54) is 0 Å². The molecule has 1 atom stereocenters. The minimum absolute atomic E-state index is 0.0760. The molecule has 0 aromatic heterocycles. The van der Waals surface area contributed by atoms with Gasteiger partial charge < -0.3 is 20.5 Å². The number of aliphatic carboxylic acids is 1. The van der Waals surface area contributed by atoms with Crippen LogP contribution in [0, 0.1) is 0 Å². The van der Waals surface area contributed by atoms with Crippen molar-refractivity contribution in [3.8, 4) is 5.75 Å². The predicted molar refractivity (Wildman–Crippen MR) is 76.1 cm³/mol. The lowest BCUT2D eigenvalue weighted by Gasteiger charge is -2.15. The van der Waals surface area contributed by atoms with E-state index in [-0.39, 0.29) is 12.1 Å². The van der Waals surface area contributed by atoms with E-state index >= 15 is 0 Å². The van der Waals surface area contributed by atoms with E-state index in [1.54, 1.807) is 24.3 Å². The summed E-state index contributed by atoms with van der Waals surface area (Å²) in [5.41, 5.74) is 0.440. The van der Waals surface area contributed by atoms with E-state index in [0.717, 1.165) is 12.8 Å². The molecular weight excluding hydrogens is 260 g/mol. The molecule has 0 heterocycles. The molecule has 0 aliphatic carbocycles. The number of nitrogens with one attached hydrogen (secondary N) is 2. The van der Waals surface area contributed by atoms with Crippen molar-refractivity contribution in [3.05, 3.63) is 24.3 Å². The molecule has 6 heteroatoms. The maximum atomic E-state index is 11.8. The van der Waals surface area contributed by atoms with Crippen LogP contribution in [0.4, 0.5) is 10.5 Å². The van der Waals surface area contributed by atoms with Crippen molar-refractivity contribution in [3.63, 3.8) is 0 Å². The molecule has 1 unspecified atom stereocenters. The molecule has 0 radical (unpaired) electrons. The molecule has 0 fully saturated rings. The standard InChI is InChI=1S/C14H20N2O4/c1-3-6-10(2)15-14(19)16-11-7-4-5-8-12(11)20-9-13(17)18/h4-5,7-8,10H,3,6,9H2,1-2H3,(H,17,18)(H2,15,16,19). The van der Waals surface area contributed by atoms with E-state index in [1.807, 2.05) is 13.8 Å². The van der Waals surface area contributed by atoms with Crippen LogP contribution in [-0.4, -0.2) is 29.8 Å². The first kappa shape index (κ1) is 15.8. The van der Waals surface area contributed by atoms with Gasteiger partial charge in [0, 0.05) is 6.04 Å². The zero-order valence-electron chi connectivity index (χ0n) is 11.7. The lowest BCUT2D eigenvalue weighted by Crippen LogP contribution is -2.36. The average molecular weight is 280 g/mol. The minimum Gasteiger partial charge on any atom is -0.480 e. The van der Waals surface area contributed by atoms with Gasteiger partial charge in [-0.15, -0.1) is 0 Å². The SMILES string of the molecule is CCCC(C)NC(=O)Nc1ccccc1OCC(=O)O. The third-order valence-corrected chi connectivity index (χ3v) is 2.59. The van der Waals surface area contributed by atoms with Crippen LogP contribution in [0.1, 0.15) is 26.7 Å². The van der Waals surface area contributed by atoms with Gasteiger partial charge in [0.2, 0.25) is 0 Å². The Hall–Kier alpha value is -2.24. The molecule has 2 amide bonds. The molecule has 0 aliphatic heterocycles. The number of amides is 2. The van der Waals surface area contributed by atoms with Crippen LogP contribution in [0.2, 0.25) is 0 Å². The van der Waals surface area contributed by atoms with Gasteiger partial charge in [0.25, 0.3) is 0 Å². The molecule has 0 saturated heterocycles. The minimum atomic E-state index is -1.07. The lowest BCUT2D eigenvalue weighted by molar-refractivity contribution is -0.139. The number of hydrogen-bond donors (Lipinski definition) is 3. The highest BCUT2D eigenvalue weighted by molar-refractivity contribution is 5.91. The predicted octanol–water partition coefficient (Wildman–Crippen LogP) is 2.46. The number of anilines is 1. The number of ether oxygens (including phenoxy) is 1. The third-order valence-electron chi connectivity index (χ3n) is 2.59. The van der Waals surface area contributed by atoms with E-state index in [9.17, 15) is 9.59 Å². The summed E-state index contributed by atoms with van der Waals surface area (Å²) in [6.07, 6.45) is 1.88. The van der Waals surface area contributed by atoms with Crippen molar-refractivity contribution in [2.24, 2.45) is 0 Å². The van der Waals surface area contributed by atoms with Crippen molar-refractivity contribution in [2.75, 3.05) is 11.9 Å². The van der Waals surface area contributed by atoms with Crippen molar-refractivity contribution in [1.29, 1.82) is 0 Å². The molecule has 20 heavy (non-hydrogen) atoms. The fourth-order valence-electron chi connectivity index (χ4n) is 1.72. The molecule has 110 valence electrons. The molecule has 1 rings (SSSR count). The summed E-state index contributed by atoms with van der Waals surface area (Å²) >= 11 is 0. The van der Waals surface area contributed by atoms with E-state index < -0.39 is 12.6 Å². The number of carbonyl (C=O) groups is 2. The quantitative estimate of drug-likeness (QED) is 0.716. The largest absolute Gasteiger partial charge is 0.480 e. The Morgan fingerprint density at radius 1 is 1.35 bits per heavy atom. The van der Waals surface area contributed by atoms with E-state index in [0.29, 0.717) is 11.4 Å². The van der Waals surface area contributed by atoms with Gasteiger partial charge in [0.15, 0.2) is 6.61 Å². The lowest BCUT2D eigenvalue weighted by atomic mass is 10.2. The summed E-state index contributed by atoms with van der Waals surface area (Å²) in [5, 5.41) is 14.1. The van der Waals surface area contributed by atoms with Gasteiger partial charge in [0.1, 0.15) is 5.75 Å². The molecule has 1 aromatic rings. The summed E-state index contributed by atoms with van der Waals surface area (Å²) in [6, 6.07) is 6.44. The summed E-state index contributed by atoms with van der Waals surface area (Å²) in [5.74, 6) is -0.742. The van der Waals surface area contributed by atoms with E-state index in [4.69, 9.17) is 9.84 Å². The van der Waals surface area contributed by atoms with Crippen LogP contribution in [-0.2, 0) is 4.79 Å². The highest BCUT2D eigenvalue weighted by atomic mass is 16.5. The van der Waals surface area contributed by atoms with Gasteiger partial charge >= 0.3 is 12.0 Å².